The van der Waals surface area contributed by atoms with Crippen molar-refractivity contribution in [1.29, 1.82) is 0 Å². The zero-order chi connectivity index (χ0) is 15.5. The quantitative estimate of drug-likeness (QED) is 0.790. The number of benzene rings is 1. The molecule has 3 rings (SSSR count). The molecule has 0 aliphatic carbocycles. The van der Waals surface area contributed by atoms with Gasteiger partial charge in [-0.25, -0.2) is 0 Å². The predicted octanol–water partition coefficient (Wildman–Crippen LogP) is 1.48. The number of nitrogens with zero attached hydrogens (tertiary/aromatic N) is 2. The van der Waals surface area contributed by atoms with Crippen molar-refractivity contribution in [1.82, 2.24) is 4.81 Å². The summed E-state index contributed by atoms with van der Waals surface area (Å²) in [5.74, 6) is 1.41. The Kier molecular flexibility index (Phi) is 4.69. The molecule has 1 unspecified atom stereocenters. The van der Waals surface area contributed by atoms with Crippen molar-refractivity contribution in [3.8, 4) is 5.75 Å². The van der Waals surface area contributed by atoms with E-state index in [4.69, 9.17) is 9.39 Å². The fraction of sp³-hybridized carbons (Fsp3) is 0.562. The lowest BCUT2D eigenvalue weighted by atomic mass is 9.89. The van der Waals surface area contributed by atoms with E-state index in [1.165, 1.54) is 18.4 Å². The number of carbonyl (C=O) groups excluding carboxylic acids is 1. The van der Waals surface area contributed by atoms with Crippen molar-refractivity contribution in [3.05, 3.63) is 23.8 Å². The van der Waals surface area contributed by atoms with Gasteiger partial charge in [0.05, 0.1) is 5.69 Å². The summed E-state index contributed by atoms with van der Waals surface area (Å²) < 4.78 is 10.6. The molecule has 1 amide bonds. The number of likely N-dealkylation sites (N-methyl/N-ethyl adjacent to an activating group) is 1. The minimum absolute atomic E-state index is 0.00295. The van der Waals surface area contributed by atoms with Crippen molar-refractivity contribution < 1.29 is 14.2 Å². The highest BCUT2D eigenvalue weighted by Gasteiger charge is 2.24. The van der Waals surface area contributed by atoms with E-state index in [-0.39, 0.29) is 12.5 Å². The van der Waals surface area contributed by atoms with Crippen molar-refractivity contribution >= 4 is 19.2 Å². The first-order chi connectivity index (χ1) is 10.7. The minimum Gasteiger partial charge on any atom is -0.482 e. The third kappa shape index (κ3) is 3.28. The first-order valence-corrected chi connectivity index (χ1v) is 7.80. The van der Waals surface area contributed by atoms with Crippen LogP contribution >= 0.6 is 0 Å². The number of carbonyl (C=O) groups is 1. The van der Waals surface area contributed by atoms with Gasteiger partial charge in [0.2, 0.25) is 0 Å². The van der Waals surface area contributed by atoms with Gasteiger partial charge >= 0.3 is 7.62 Å². The summed E-state index contributed by atoms with van der Waals surface area (Å²) in [5, 5.41) is 0. The molecule has 2 heterocycles. The fourth-order valence-electron chi connectivity index (χ4n) is 3.29. The molecule has 1 aromatic rings. The molecule has 5 nitrogen and oxygen atoms in total. The van der Waals surface area contributed by atoms with E-state index >= 15 is 0 Å². The first kappa shape index (κ1) is 15.4. The Labute approximate surface area is 132 Å². The van der Waals surface area contributed by atoms with Gasteiger partial charge in [-0.05, 0) is 56.0 Å². The summed E-state index contributed by atoms with van der Waals surface area (Å²) in [6.45, 7) is 2.23. The summed E-state index contributed by atoms with van der Waals surface area (Å²) in [6.07, 6.45) is 3.44. The Morgan fingerprint density at radius 2 is 2.32 bits per heavy atom. The van der Waals surface area contributed by atoms with E-state index in [1.807, 2.05) is 20.7 Å². The largest absolute Gasteiger partial charge is 0.482 e. The molecule has 0 spiro atoms. The number of ether oxygens (including phenoxy) is 1. The number of hydrogen-bond donors (Lipinski definition) is 0. The predicted molar refractivity (Wildman–Crippen MR) is 86.1 cm³/mol. The van der Waals surface area contributed by atoms with Crippen LogP contribution < -0.4 is 9.64 Å². The van der Waals surface area contributed by atoms with Gasteiger partial charge in [0.1, 0.15) is 5.75 Å². The number of hydrogen-bond acceptors (Lipinski definition) is 4. The topological polar surface area (TPSA) is 42.0 Å². The second-order valence-corrected chi connectivity index (χ2v) is 6.09. The van der Waals surface area contributed by atoms with Gasteiger partial charge in [0, 0.05) is 14.2 Å². The number of piperidine rings is 1. The van der Waals surface area contributed by atoms with E-state index in [2.05, 4.69) is 16.9 Å². The Balaban J connectivity index is 1.69. The van der Waals surface area contributed by atoms with Crippen LogP contribution in [0, 0.1) is 5.92 Å². The van der Waals surface area contributed by atoms with Crippen molar-refractivity contribution in [2.75, 3.05) is 38.8 Å². The minimum atomic E-state index is 0.00295. The molecule has 1 fully saturated rings. The SMILES string of the molecule is CO[B]N1CCCC(Cc2ccc3c(c2)N(C)C(=O)CO3)C1. The zero-order valence-electron chi connectivity index (χ0n) is 13.2. The van der Waals surface area contributed by atoms with Crippen LogP contribution in [0.3, 0.4) is 0 Å². The van der Waals surface area contributed by atoms with Gasteiger partial charge < -0.3 is 19.1 Å². The summed E-state index contributed by atoms with van der Waals surface area (Å²) in [6, 6.07) is 6.18. The maximum absolute atomic E-state index is 11.7. The molecular formula is C16H22BN2O3. The van der Waals surface area contributed by atoms with Crippen LogP contribution in [0.2, 0.25) is 0 Å². The maximum Gasteiger partial charge on any atom is 0.398 e. The number of amides is 1. The number of fused-ring (bicyclic) bond motifs is 1. The van der Waals surface area contributed by atoms with Crippen LogP contribution in [0.15, 0.2) is 18.2 Å². The van der Waals surface area contributed by atoms with Crippen LogP contribution in [0.4, 0.5) is 5.69 Å². The van der Waals surface area contributed by atoms with Crippen LogP contribution in [0.1, 0.15) is 18.4 Å². The lowest BCUT2D eigenvalue weighted by molar-refractivity contribution is -0.120. The highest BCUT2D eigenvalue weighted by Crippen LogP contribution is 2.33. The normalized spacial score (nSPS) is 22.2. The van der Waals surface area contributed by atoms with Crippen LogP contribution in [0.5, 0.6) is 5.75 Å². The Morgan fingerprint density at radius 1 is 1.45 bits per heavy atom. The van der Waals surface area contributed by atoms with Gasteiger partial charge in [-0.2, -0.15) is 0 Å². The molecule has 117 valence electrons. The standard InChI is InChI=1S/C16H22BN2O3/c1-18-14-9-12(5-6-15(14)22-11-16(18)20)8-13-4-3-7-19(10-13)17-21-2/h5-6,9,13H,3-4,7-8,10-11H2,1-2H3. The third-order valence-electron chi connectivity index (χ3n) is 4.44. The Hall–Kier alpha value is -1.53. The van der Waals surface area contributed by atoms with Gasteiger partial charge in [-0.15, -0.1) is 0 Å². The summed E-state index contributed by atoms with van der Waals surface area (Å²) in [4.78, 5) is 15.7. The average molecular weight is 301 g/mol. The average Bonchev–Trinajstić information content (AvgIpc) is 2.52. The van der Waals surface area contributed by atoms with E-state index in [0.29, 0.717) is 5.92 Å². The second kappa shape index (κ2) is 6.71. The molecule has 1 atom stereocenters. The van der Waals surface area contributed by atoms with Gasteiger partial charge in [0.15, 0.2) is 6.61 Å². The molecule has 6 heteroatoms. The van der Waals surface area contributed by atoms with Crippen LogP contribution in [-0.2, 0) is 15.9 Å². The van der Waals surface area contributed by atoms with Crippen molar-refractivity contribution in [3.63, 3.8) is 0 Å². The van der Waals surface area contributed by atoms with Gasteiger partial charge in [-0.3, -0.25) is 4.79 Å². The van der Waals surface area contributed by atoms with E-state index in [1.54, 1.807) is 12.0 Å². The summed E-state index contributed by atoms with van der Waals surface area (Å²) >= 11 is 0. The summed E-state index contributed by atoms with van der Waals surface area (Å²) in [5.41, 5.74) is 2.14. The number of anilines is 1. The highest BCUT2D eigenvalue weighted by molar-refractivity contribution is 6.23. The van der Waals surface area contributed by atoms with Crippen LogP contribution in [0.25, 0.3) is 0 Å². The van der Waals surface area contributed by atoms with Crippen LogP contribution in [-0.4, -0.2) is 52.2 Å². The second-order valence-electron chi connectivity index (χ2n) is 6.09. The Bertz CT molecular complexity index is 550. The highest BCUT2D eigenvalue weighted by atomic mass is 16.5. The molecule has 22 heavy (non-hydrogen) atoms. The fourth-order valence-corrected chi connectivity index (χ4v) is 3.29. The summed E-state index contributed by atoms with van der Waals surface area (Å²) in [7, 11) is 5.32. The number of rotatable bonds is 4. The van der Waals surface area contributed by atoms with E-state index < -0.39 is 0 Å². The molecular weight excluding hydrogens is 279 g/mol. The molecule has 0 bridgehead atoms. The first-order valence-electron chi connectivity index (χ1n) is 7.80. The molecule has 1 radical (unpaired) electrons. The van der Waals surface area contributed by atoms with Crippen molar-refractivity contribution in [2.45, 2.75) is 19.3 Å². The molecule has 0 N–H and O–H groups in total. The van der Waals surface area contributed by atoms with E-state index in [0.717, 1.165) is 30.9 Å². The van der Waals surface area contributed by atoms with Gasteiger partial charge in [-0.1, -0.05) is 6.07 Å². The monoisotopic (exact) mass is 301 g/mol. The Morgan fingerprint density at radius 3 is 3.14 bits per heavy atom. The molecule has 1 saturated heterocycles. The molecule has 2 aliphatic heterocycles. The lowest BCUT2D eigenvalue weighted by Crippen LogP contribution is -2.39. The molecule has 0 saturated carbocycles. The van der Waals surface area contributed by atoms with Crippen molar-refractivity contribution in [2.24, 2.45) is 5.92 Å². The molecule has 0 aromatic heterocycles. The third-order valence-corrected chi connectivity index (χ3v) is 4.44. The van der Waals surface area contributed by atoms with E-state index in [9.17, 15) is 4.79 Å². The zero-order valence-corrected chi connectivity index (χ0v) is 13.2. The lowest BCUT2D eigenvalue weighted by Gasteiger charge is -2.32. The molecule has 1 aromatic carbocycles. The smallest absolute Gasteiger partial charge is 0.398 e. The van der Waals surface area contributed by atoms with Gasteiger partial charge in [0.25, 0.3) is 5.91 Å². The molecule has 2 aliphatic rings. The maximum atomic E-state index is 11.7.